The number of benzene rings is 1. The maximum Gasteiger partial charge on any atom is 0.328 e. The topological polar surface area (TPSA) is 140 Å². The molecule has 0 radical (unpaired) electrons. The summed E-state index contributed by atoms with van der Waals surface area (Å²) in [5.41, 5.74) is 3.50. The number of methoxy groups -OCH3 is 2. The highest BCUT2D eigenvalue weighted by atomic mass is 35.5. The smallest absolute Gasteiger partial charge is 0.328 e. The van der Waals surface area contributed by atoms with Gasteiger partial charge in [0.15, 0.2) is 5.03 Å². The van der Waals surface area contributed by atoms with Crippen molar-refractivity contribution in [1.82, 2.24) is 15.2 Å². The molecule has 0 bridgehead atoms. The molecule has 13 heteroatoms. The zero-order valence-corrected chi connectivity index (χ0v) is 22.2. The summed E-state index contributed by atoms with van der Waals surface area (Å²) in [4.78, 5) is 41.6. The van der Waals surface area contributed by atoms with E-state index in [-0.39, 0.29) is 25.9 Å². The summed E-state index contributed by atoms with van der Waals surface area (Å²) in [5.74, 6) is -0.454. The van der Waals surface area contributed by atoms with Crippen LogP contribution < -0.4 is 10.2 Å². The number of hydrogen-bond donors (Lipinski definition) is 1. The van der Waals surface area contributed by atoms with Gasteiger partial charge in [0.25, 0.3) is 11.9 Å². The number of carbonyl (C=O) groups excluding carboxylic acids is 2. The third kappa shape index (κ3) is 8.96. The van der Waals surface area contributed by atoms with Crippen molar-refractivity contribution in [3.8, 4) is 0 Å². The van der Waals surface area contributed by atoms with Crippen molar-refractivity contribution in [2.45, 2.75) is 40.8 Å². The van der Waals surface area contributed by atoms with Crippen molar-refractivity contribution < 1.29 is 24.1 Å². The van der Waals surface area contributed by atoms with E-state index in [1.54, 1.807) is 24.1 Å². The molecule has 3 rings (SSSR count). The van der Waals surface area contributed by atoms with E-state index in [0.29, 0.717) is 24.8 Å². The monoisotopic (exact) mass is 550 g/mol. The standard InChI is InChI=1S/C15H21NO4.C9H10ClN5O2.CH4/c1-10-7-6-8-11(2)14(10)16(13(17)9-19-4)12(3)15(18)20-5;10-8-2-1-7(5-12-8)6-14-4-3-11-9(14)13-15(16)17;/h6-8,12H,9H2,1-5H3;1-2,5H,3-4,6H2,(H,11,13);1H4. The molecular weight excluding hydrogens is 516 g/mol. The van der Waals surface area contributed by atoms with E-state index in [1.165, 1.54) is 19.1 Å². The van der Waals surface area contributed by atoms with Crippen LogP contribution in [-0.2, 0) is 25.6 Å². The summed E-state index contributed by atoms with van der Waals surface area (Å²) >= 11 is 5.68. The Labute approximate surface area is 227 Å². The SMILES string of the molecule is C.COCC(=O)N(c1c(C)cccc1C)C(C)C(=O)OC.O=[N+]([O-])/N=C1\NCCN1Cc1ccc(Cl)nc1. The Morgan fingerprint density at radius 3 is 2.45 bits per heavy atom. The molecule has 1 unspecified atom stereocenters. The average Bonchev–Trinajstić information content (AvgIpc) is 3.28. The van der Waals surface area contributed by atoms with Crippen LogP contribution in [0.25, 0.3) is 0 Å². The zero-order chi connectivity index (χ0) is 27.5. The van der Waals surface area contributed by atoms with Crippen molar-refractivity contribution in [2.75, 3.05) is 38.8 Å². The number of nitro groups is 1. The second kappa shape index (κ2) is 15.5. The molecule has 1 saturated heterocycles. The van der Waals surface area contributed by atoms with E-state index in [9.17, 15) is 19.7 Å². The van der Waals surface area contributed by atoms with Crippen molar-refractivity contribution in [3.63, 3.8) is 0 Å². The van der Waals surface area contributed by atoms with Gasteiger partial charge >= 0.3 is 5.97 Å². The molecule has 1 N–H and O–H groups in total. The van der Waals surface area contributed by atoms with Gasteiger partial charge in [0.1, 0.15) is 22.9 Å². The first-order chi connectivity index (χ1) is 17.6. The van der Waals surface area contributed by atoms with Crippen LogP contribution >= 0.6 is 11.6 Å². The van der Waals surface area contributed by atoms with Gasteiger partial charge in [-0.1, -0.05) is 43.3 Å². The van der Waals surface area contributed by atoms with Crippen molar-refractivity contribution >= 4 is 35.1 Å². The van der Waals surface area contributed by atoms with E-state index in [0.717, 1.165) is 22.4 Å². The summed E-state index contributed by atoms with van der Waals surface area (Å²) in [7, 11) is 2.76. The lowest BCUT2D eigenvalue weighted by Crippen LogP contribution is -2.46. The van der Waals surface area contributed by atoms with Crippen LogP contribution in [-0.4, -0.2) is 72.7 Å². The van der Waals surface area contributed by atoms with Gasteiger partial charge in [-0.2, -0.15) is 0 Å². The summed E-state index contributed by atoms with van der Waals surface area (Å²) in [6.45, 7) is 7.20. The fourth-order valence-corrected chi connectivity index (χ4v) is 3.87. The van der Waals surface area contributed by atoms with Crippen molar-refractivity contribution in [2.24, 2.45) is 5.10 Å². The fourth-order valence-electron chi connectivity index (χ4n) is 3.76. The zero-order valence-electron chi connectivity index (χ0n) is 21.4. The third-order valence-corrected chi connectivity index (χ3v) is 5.67. The number of hydrazone groups is 1. The van der Waals surface area contributed by atoms with E-state index in [2.05, 4.69) is 15.4 Å². The lowest BCUT2D eigenvalue weighted by atomic mass is 10.1. The molecule has 1 aromatic carbocycles. The van der Waals surface area contributed by atoms with Crippen molar-refractivity contribution in [1.29, 1.82) is 0 Å². The first-order valence-corrected chi connectivity index (χ1v) is 11.7. The van der Waals surface area contributed by atoms with Crippen LogP contribution in [0.15, 0.2) is 41.6 Å². The number of guanidine groups is 1. The summed E-state index contributed by atoms with van der Waals surface area (Å²) < 4.78 is 9.65. The van der Waals surface area contributed by atoms with Crippen LogP contribution in [0, 0.1) is 24.0 Å². The Morgan fingerprint density at radius 1 is 1.26 bits per heavy atom. The predicted octanol–water partition coefficient (Wildman–Crippen LogP) is 3.17. The molecule has 1 atom stereocenters. The number of para-hydroxylation sites is 1. The highest BCUT2D eigenvalue weighted by molar-refractivity contribution is 6.29. The van der Waals surface area contributed by atoms with Crippen molar-refractivity contribution in [3.05, 3.63) is 68.5 Å². The van der Waals surface area contributed by atoms with Gasteiger partial charge in [0.05, 0.1) is 12.8 Å². The number of esters is 1. The van der Waals surface area contributed by atoms with E-state index < -0.39 is 17.0 Å². The Morgan fingerprint density at radius 2 is 1.92 bits per heavy atom. The number of aromatic nitrogens is 1. The Bertz CT molecular complexity index is 1110. The number of nitrogens with one attached hydrogen (secondary N) is 1. The maximum atomic E-state index is 12.3. The molecule has 0 spiro atoms. The number of hydrogen-bond acceptors (Lipinski definition) is 7. The number of ether oxygens (including phenoxy) is 2. The molecular formula is C25H35ClN6O6. The minimum atomic E-state index is -0.708. The van der Waals surface area contributed by atoms with Gasteiger partial charge in [-0.25, -0.2) is 19.9 Å². The molecule has 1 amide bonds. The summed E-state index contributed by atoms with van der Waals surface area (Å²) in [5, 5.41) is 16.2. The molecule has 1 aromatic heterocycles. The van der Waals surface area contributed by atoms with Gasteiger partial charge in [0.2, 0.25) is 0 Å². The average molecular weight is 551 g/mol. The number of halogens is 1. The number of carbonyl (C=O) groups is 2. The number of pyridine rings is 1. The Hall–Kier alpha value is -3.77. The molecule has 0 aliphatic carbocycles. The lowest BCUT2D eigenvalue weighted by molar-refractivity contribution is -0.485. The summed E-state index contributed by atoms with van der Waals surface area (Å²) in [6.07, 6.45) is 1.64. The van der Waals surface area contributed by atoms with Gasteiger partial charge in [-0.3, -0.25) is 9.69 Å². The lowest BCUT2D eigenvalue weighted by Gasteiger charge is -2.30. The van der Waals surface area contributed by atoms with Crippen LogP contribution in [0.5, 0.6) is 0 Å². The normalized spacial score (nSPS) is 13.9. The van der Waals surface area contributed by atoms with Crippen LogP contribution in [0.4, 0.5) is 5.69 Å². The minimum Gasteiger partial charge on any atom is -0.467 e. The molecule has 208 valence electrons. The Kier molecular flexibility index (Phi) is 13.1. The van der Waals surface area contributed by atoms with Crippen LogP contribution in [0.3, 0.4) is 0 Å². The quantitative estimate of drug-likeness (QED) is 0.227. The number of anilines is 1. The highest BCUT2D eigenvalue weighted by Gasteiger charge is 2.30. The largest absolute Gasteiger partial charge is 0.467 e. The molecule has 38 heavy (non-hydrogen) atoms. The molecule has 2 heterocycles. The first-order valence-electron chi connectivity index (χ1n) is 11.4. The maximum absolute atomic E-state index is 12.3. The highest BCUT2D eigenvalue weighted by Crippen LogP contribution is 2.27. The summed E-state index contributed by atoms with van der Waals surface area (Å²) in [6, 6.07) is 8.53. The molecule has 1 aliphatic heterocycles. The van der Waals surface area contributed by atoms with Crippen LogP contribution in [0.1, 0.15) is 31.0 Å². The molecule has 12 nitrogen and oxygen atoms in total. The van der Waals surface area contributed by atoms with E-state index in [4.69, 9.17) is 21.1 Å². The number of nitrogens with zero attached hydrogens (tertiary/aromatic N) is 5. The predicted molar refractivity (Wildman–Crippen MR) is 146 cm³/mol. The fraction of sp³-hybridized carbons (Fsp3) is 0.440. The van der Waals surface area contributed by atoms with E-state index in [1.807, 2.05) is 38.1 Å². The van der Waals surface area contributed by atoms with E-state index >= 15 is 0 Å². The number of aryl methyl sites for hydroxylation is 2. The second-order valence-corrected chi connectivity index (χ2v) is 8.52. The molecule has 1 fully saturated rings. The second-order valence-electron chi connectivity index (χ2n) is 8.14. The van der Waals surface area contributed by atoms with Gasteiger partial charge in [-0.05, 0) is 43.5 Å². The van der Waals surface area contributed by atoms with Crippen LogP contribution in [0.2, 0.25) is 5.15 Å². The number of amides is 1. The molecule has 1 aliphatic rings. The number of rotatable bonds is 8. The molecule has 0 saturated carbocycles. The Balaban J connectivity index is 0.000000374. The van der Waals surface area contributed by atoms with Gasteiger partial charge in [-0.15, -0.1) is 0 Å². The first kappa shape index (κ1) is 32.3. The molecule has 2 aromatic rings. The van der Waals surface area contributed by atoms with Gasteiger partial charge in [0, 0.05) is 32.9 Å². The van der Waals surface area contributed by atoms with Gasteiger partial charge < -0.3 is 19.7 Å². The minimum absolute atomic E-state index is 0. The third-order valence-electron chi connectivity index (χ3n) is 5.45.